The molecule has 0 bridgehead atoms. The van der Waals surface area contributed by atoms with Gasteiger partial charge in [-0.1, -0.05) is 0 Å². The zero-order valence-corrected chi connectivity index (χ0v) is 10.6. The van der Waals surface area contributed by atoms with Crippen LogP contribution in [0.5, 0.6) is 5.75 Å². The molecule has 18 heavy (non-hydrogen) atoms. The van der Waals surface area contributed by atoms with Crippen molar-refractivity contribution in [1.29, 1.82) is 0 Å². The maximum Gasteiger partial charge on any atom is 0.305 e. The van der Waals surface area contributed by atoms with Crippen LogP contribution in [0.1, 0.15) is 20.3 Å². The van der Waals surface area contributed by atoms with Crippen molar-refractivity contribution in [3.63, 3.8) is 0 Å². The normalized spacial score (nSPS) is 11.1. The first-order valence-corrected chi connectivity index (χ1v) is 6.03. The summed E-state index contributed by atoms with van der Waals surface area (Å²) < 4.78 is 7.57. The van der Waals surface area contributed by atoms with Gasteiger partial charge >= 0.3 is 5.97 Å². The maximum atomic E-state index is 10.6. The molecule has 4 heteroatoms. The molecule has 0 saturated carbocycles. The van der Waals surface area contributed by atoms with Gasteiger partial charge in [0.05, 0.1) is 12.5 Å². The van der Waals surface area contributed by atoms with Crippen LogP contribution in [0, 0.1) is 0 Å². The summed E-state index contributed by atoms with van der Waals surface area (Å²) in [6.45, 7) is 4.47. The summed E-state index contributed by atoms with van der Waals surface area (Å²) in [5.41, 5.74) is 1.03. The van der Waals surface area contributed by atoms with Gasteiger partial charge in [-0.15, -0.1) is 0 Å². The van der Waals surface area contributed by atoms with E-state index in [2.05, 4.69) is 0 Å². The van der Waals surface area contributed by atoms with Crippen LogP contribution < -0.4 is 4.74 Å². The molecule has 0 fully saturated rings. The first kappa shape index (κ1) is 12.5. The lowest BCUT2D eigenvalue weighted by atomic mass is 10.2. The minimum atomic E-state index is -0.781. The predicted molar refractivity (Wildman–Crippen MR) is 70.0 cm³/mol. The molecule has 1 aromatic carbocycles. The summed E-state index contributed by atoms with van der Waals surface area (Å²) in [6, 6.07) is 7.84. The van der Waals surface area contributed by atoms with Gasteiger partial charge in [-0.25, -0.2) is 0 Å². The Kier molecular flexibility index (Phi) is 3.55. The smallest absolute Gasteiger partial charge is 0.305 e. The number of carbonyl (C=O) groups is 1. The fraction of sp³-hybridized carbons (Fsp3) is 0.357. The molecule has 1 heterocycles. The summed E-state index contributed by atoms with van der Waals surface area (Å²) in [7, 11) is 0. The van der Waals surface area contributed by atoms with E-state index < -0.39 is 5.97 Å². The zero-order chi connectivity index (χ0) is 13.1. The first-order valence-electron chi connectivity index (χ1n) is 6.03. The van der Waals surface area contributed by atoms with Gasteiger partial charge in [0.1, 0.15) is 5.75 Å². The highest BCUT2D eigenvalue weighted by molar-refractivity contribution is 5.81. The monoisotopic (exact) mass is 247 g/mol. The van der Waals surface area contributed by atoms with Gasteiger partial charge in [-0.2, -0.15) is 0 Å². The number of aromatic nitrogens is 1. The van der Waals surface area contributed by atoms with Crippen LogP contribution in [0.25, 0.3) is 10.9 Å². The van der Waals surface area contributed by atoms with Crippen molar-refractivity contribution >= 4 is 16.9 Å². The molecule has 2 aromatic rings. The quantitative estimate of drug-likeness (QED) is 0.883. The molecule has 0 unspecified atom stereocenters. The average molecular weight is 247 g/mol. The largest absolute Gasteiger partial charge is 0.491 e. The molecule has 0 aliphatic rings. The van der Waals surface area contributed by atoms with Crippen LogP contribution in [-0.2, 0) is 11.3 Å². The summed E-state index contributed by atoms with van der Waals surface area (Å²) in [6.07, 6.45) is 2.19. The fourth-order valence-electron chi connectivity index (χ4n) is 1.93. The molecular formula is C14H17NO3. The van der Waals surface area contributed by atoms with Gasteiger partial charge in [0.2, 0.25) is 0 Å². The number of nitrogens with zero attached hydrogens (tertiary/aromatic N) is 1. The molecule has 0 aliphatic carbocycles. The third kappa shape index (κ3) is 2.83. The van der Waals surface area contributed by atoms with Gasteiger partial charge in [0.25, 0.3) is 0 Å². The highest BCUT2D eigenvalue weighted by Gasteiger charge is 2.05. The van der Waals surface area contributed by atoms with Crippen LogP contribution >= 0.6 is 0 Å². The van der Waals surface area contributed by atoms with E-state index in [9.17, 15) is 4.79 Å². The molecule has 0 aliphatic heterocycles. The third-order valence-electron chi connectivity index (χ3n) is 2.68. The van der Waals surface area contributed by atoms with Crippen LogP contribution in [0.15, 0.2) is 30.5 Å². The SMILES string of the molecule is CC(C)Oc1ccc2c(ccn2CCC(=O)O)c1. The standard InChI is InChI=1S/C14H17NO3/c1-10(2)18-12-3-4-13-11(9-12)5-7-15(13)8-6-14(16)17/h3-5,7,9-10H,6,8H2,1-2H3,(H,16,17). The van der Waals surface area contributed by atoms with Crippen molar-refractivity contribution < 1.29 is 14.6 Å². The topological polar surface area (TPSA) is 51.5 Å². The summed E-state index contributed by atoms with van der Waals surface area (Å²) >= 11 is 0. The van der Waals surface area contributed by atoms with Crippen LogP contribution in [0.3, 0.4) is 0 Å². The van der Waals surface area contributed by atoms with Crippen LogP contribution in [-0.4, -0.2) is 21.7 Å². The molecule has 0 radical (unpaired) electrons. The van der Waals surface area contributed by atoms with E-state index in [1.165, 1.54) is 0 Å². The van der Waals surface area contributed by atoms with Crippen LogP contribution in [0.2, 0.25) is 0 Å². The zero-order valence-electron chi connectivity index (χ0n) is 10.6. The molecule has 0 saturated heterocycles. The molecule has 4 nitrogen and oxygen atoms in total. The number of carboxylic acid groups (broad SMARTS) is 1. The lowest BCUT2D eigenvalue weighted by molar-refractivity contribution is -0.137. The van der Waals surface area contributed by atoms with E-state index in [-0.39, 0.29) is 12.5 Å². The number of aryl methyl sites for hydroxylation is 1. The first-order chi connectivity index (χ1) is 8.56. The highest BCUT2D eigenvalue weighted by atomic mass is 16.5. The molecule has 2 rings (SSSR count). The Bertz CT molecular complexity index is 557. The number of aliphatic carboxylic acids is 1. The number of rotatable bonds is 5. The Hall–Kier alpha value is -1.97. The molecule has 96 valence electrons. The highest BCUT2D eigenvalue weighted by Crippen LogP contribution is 2.23. The molecule has 1 aromatic heterocycles. The third-order valence-corrected chi connectivity index (χ3v) is 2.68. The van der Waals surface area contributed by atoms with Gasteiger partial charge < -0.3 is 14.4 Å². The fourth-order valence-corrected chi connectivity index (χ4v) is 1.93. The molecule has 1 N–H and O–H groups in total. The van der Waals surface area contributed by atoms with E-state index in [4.69, 9.17) is 9.84 Å². The number of carboxylic acids is 1. The second-order valence-electron chi connectivity index (χ2n) is 4.54. The number of hydrogen-bond donors (Lipinski definition) is 1. The van der Waals surface area contributed by atoms with Crippen molar-refractivity contribution in [1.82, 2.24) is 4.57 Å². The molecule has 0 amide bonds. The summed E-state index contributed by atoms with van der Waals surface area (Å²) in [5, 5.41) is 9.76. The summed E-state index contributed by atoms with van der Waals surface area (Å²) in [5.74, 6) is 0.0603. The Morgan fingerprint density at radius 2 is 2.17 bits per heavy atom. The predicted octanol–water partition coefficient (Wildman–Crippen LogP) is 2.90. The maximum absolute atomic E-state index is 10.6. The lowest BCUT2D eigenvalue weighted by Gasteiger charge is -2.10. The van der Waals surface area contributed by atoms with E-state index in [1.54, 1.807) is 0 Å². The van der Waals surface area contributed by atoms with Gasteiger partial charge in [-0.3, -0.25) is 4.79 Å². The molecule has 0 atom stereocenters. The van der Waals surface area contributed by atoms with Gasteiger partial charge in [0.15, 0.2) is 0 Å². The molecule has 0 spiro atoms. The molecular weight excluding hydrogens is 230 g/mol. The van der Waals surface area contributed by atoms with Gasteiger partial charge in [-0.05, 0) is 38.1 Å². The average Bonchev–Trinajstić information content (AvgIpc) is 2.68. The Morgan fingerprint density at radius 1 is 1.39 bits per heavy atom. The Labute approximate surface area is 106 Å². The lowest BCUT2D eigenvalue weighted by Crippen LogP contribution is -2.05. The second kappa shape index (κ2) is 5.12. The summed E-state index contributed by atoms with van der Waals surface area (Å²) in [4.78, 5) is 10.6. The van der Waals surface area contributed by atoms with E-state index >= 15 is 0 Å². The van der Waals surface area contributed by atoms with E-state index in [1.807, 2.05) is 48.9 Å². The van der Waals surface area contributed by atoms with E-state index in [0.717, 1.165) is 16.7 Å². The number of ether oxygens (including phenoxy) is 1. The van der Waals surface area contributed by atoms with Crippen LogP contribution in [0.4, 0.5) is 0 Å². The Balaban J connectivity index is 2.23. The van der Waals surface area contributed by atoms with Crippen molar-refractivity contribution in [3.8, 4) is 5.75 Å². The number of fused-ring (bicyclic) bond motifs is 1. The van der Waals surface area contributed by atoms with Gasteiger partial charge in [0, 0.05) is 23.6 Å². The van der Waals surface area contributed by atoms with Crippen molar-refractivity contribution in [2.45, 2.75) is 32.9 Å². The minimum Gasteiger partial charge on any atom is -0.491 e. The van der Waals surface area contributed by atoms with Crippen molar-refractivity contribution in [3.05, 3.63) is 30.5 Å². The number of benzene rings is 1. The van der Waals surface area contributed by atoms with Crippen molar-refractivity contribution in [2.24, 2.45) is 0 Å². The Morgan fingerprint density at radius 3 is 2.83 bits per heavy atom. The van der Waals surface area contributed by atoms with E-state index in [0.29, 0.717) is 6.54 Å². The second-order valence-corrected chi connectivity index (χ2v) is 4.54. The van der Waals surface area contributed by atoms with Crippen molar-refractivity contribution in [2.75, 3.05) is 0 Å². The minimum absolute atomic E-state index is 0.133. The number of hydrogen-bond acceptors (Lipinski definition) is 2.